The number of hydrogen-bond donors (Lipinski definition) is 2. The van der Waals surface area contributed by atoms with E-state index in [-0.39, 0.29) is 23.7 Å². The number of sulfonamides is 1. The number of hydrogen-bond acceptors (Lipinski definition) is 3. The second-order valence-corrected chi connectivity index (χ2v) is 9.13. The van der Waals surface area contributed by atoms with Crippen molar-refractivity contribution >= 4 is 32.6 Å². The lowest BCUT2D eigenvalue weighted by Gasteiger charge is -2.09. The van der Waals surface area contributed by atoms with E-state index in [0.717, 1.165) is 22.0 Å². The highest BCUT2D eigenvalue weighted by Gasteiger charge is 2.16. The molecule has 0 saturated heterocycles. The van der Waals surface area contributed by atoms with Crippen molar-refractivity contribution in [3.05, 3.63) is 95.9 Å². The lowest BCUT2D eigenvalue weighted by Crippen LogP contribution is -2.12. The van der Waals surface area contributed by atoms with Gasteiger partial charge in [0.1, 0.15) is 5.82 Å². The van der Waals surface area contributed by atoms with Crippen LogP contribution >= 0.6 is 0 Å². The average Bonchev–Trinajstić information content (AvgIpc) is 3.11. The summed E-state index contributed by atoms with van der Waals surface area (Å²) in [5.74, 6) is -1.23. The van der Waals surface area contributed by atoms with Crippen molar-refractivity contribution in [1.29, 1.82) is 0 Å². The predicted octanol–water partition coefficient (Wildman–Crippen LogP) is 4.65. The van der Waals surface area contributed by atoms with Gasteiger partial charge in [-0.15, -0.1) is 0 Å². The van der Waals surface area contributed by atoms with E-state index in [1.165, 1.54) is 24.3 Å². The maximum absolute atomic E-state index is 13.3. The van der Waals surface area contributed by atoms with Crippen molar-refractivity contribution < 1.29 is 22.7 Å². The number of aryl methyl sites for hydroxylation is 1. The first-order chi connectivity index (χ1) is 15.3. The Kier molecular flexibility index (Phi) is 5.96. The second kappa shape index (κ2) is 8.84. The highest BCUT2D eigenvalue weighted by atomic mass is 32.2. The third kappa shape index (κ3) is 4.81. The topological polar surface area (TPSA) is 88.4 Å². The number of aliphatic carboxylic acids is 1. The fraction of sp³-hybridized carbons (Fsp3) is 0.125. The van der Waals surface area contributed by atoms with E-state index < -0.39 is 16.0 Å². The summed E-state index contributed by atoms with van der Waals surface area (Å²) in [5.41, 5.74) is 2.97. The number of halogens is 1. The molecule has 0 amide bonds. The molecule has 2 N–H and O–H groups in total. The second-order valence-electron chi connectivity index (χ2n) is 7.45. The lowest BCUT2D eigenvalue weighted by atomic mass is 10.0. The van der Waals surface area contributed by atoms with Gasteiger partial charge in [0.25, 0.3) is 10.0 Å². The molecule has 1 aromatic heterocycles. The van der Waals surface area contributed by atoms with E-state index in [0.29, 0.717) is 12.1 Å². The number of rotatable bonds is 8. The van der Waals surface area contributed by atoms with Crippen molar-refractivity contribution in [3.8, 4) is 0 Å². The van der Waals surface area contributed by atoms with Crippen molar-refractivity contribution in [1.82, 2.24) is 4.57 Å². The number of anilines is 1. The van der Waals surface area contributed by atoms with Gasteiger partial charge in [-0.2, -0.15) is 0 Å². The molecule has 164 valence electrons. The Morgan fingerprint density at radius 3 is 2.41 bits per heavy atom. The van der Waals surface area contributed by atoms with Crippen LogP contribution in [0.15, 0.2) is 83.9 Å². The van der Waals surface area contributed by atoms with E-state index >= 15 is 0 Å². The van der Waals surface area contributed by atoms with Crippen LogP contribution in [0.3, 0.4) is 0 Å². The summed E-state index contributed by atoms with van der Waals surface area (Å²) in [5, 5.41) is 9.87. The van der Waals surface area contributed by atoms with Crippen molar-refractivity contribution in [3.63, 3.8) is 0 Å². The standard InChI is InChI=1S/C24H21FN2O4S/c25-19-8-6-17(7-9-19)14-18-16-27(13-12-24(28)29)23-11-10-20(15-22(18)23)26-32(30,31)21-4-2-1-3-5-21/h1-11,15-16,26H,12-14H2,(H,28,29). The molecular weight excluding hydrogens is 431 g/mol. The van der Waals surface area contributed by atoms with E-state index in [9.17, 15) is 17.6 Å². The van der Waals surface area contributed by atoms with Crippen LogP contribution < -0.4 is 4.72 Å². The quantitative estimate of drug-likeness (QED) is 0.407. The molecule has 0 bridgehead atoms. The maximum Gasteiger partial charge on any atom is 0.305 e. The molecule has 32 heavy (non-hydrogen) atoms. The minimum absolute atomic E-state index is 0.0395. The van der Waals surface area contributed by atoms with Gasteiger partial charge in [0.2, 0.25) is 0 Å². The number of fused-ring (bicyclic) bond motifs is 1. The van der Waals surface area contributed by atoms with E-state index in [2.05, 4.69) is 4.72 Å². The van der Waals surface area contributed by atoms with Crippen molar-refractivity contribution in [2.45, 2.75) is 24.3 Å². The maximum atomic E-state index is 13.3. The summed E-state index contributed by atoms with van der Waals surface area (Å²) < 4.78 is 43.2. The van der Waals surface area contributed by atoms with Crippen LogP contribution in [-0.2, 0) is 27.8 Å². The van der Waals surface area contributed by atoms with Gasteiger partial charge >= 0.3 is 5.97 Å². The number of aromatic nitrogens is 1. The van der Waals surface area contributed by atoms with Gasteiger partial charge < -0.3 is 9.67 Å². The van der Waals surface area contributed by atoms with Crippen molar-refractivity contribution in [2.75, 3.05) is 4.72 Å². The molecule has 4 aromatic rings. The van der Waals surface area contributed by atoms with Crippen LogP contribution in [0, 0.1) is 5.82 Å². The van der Waals surface area contributed by atoms with Gasteiger partial charge in [0.15, 0.2) is 0 Å². The molecule has 3 aromatic carbocycles. The van der Waals surface area contributed by atoms with Crippen molar-refractivity contribution in [2.24, 2.45) is 0 Å². The molecule has 0 fully saturated rings. The molecule has 8 heteroatoms. The molecule has 0 atom stereocenters. The molecule has 0 aliphatic carbocycles. The van der Waals surface area contributed by atoms with Crippen LogP contribution in [0.2, 0.25) is 0 Å². The summed E-state index contributed by atoms with van der Waals surface area (Å²) in [6.45, 7) is 0.282. The summed E-state index contributed by atoms with van der Waals surface area (Å²) in [6, 6.07) is 19.4. The van der Waals surface area contributed by atoms with Gasteiger partial charge in [0, 0.05) is 29.3 Å². The number of carboxylic acid groups (broad SMARTS) is 1. The van der Waals surface area contributed by atoms with Crippen LogP contribution in [0.25, 0.3) is 10.9 Å². The Morgan fingerprint density at radius 2 is 1.72 bits per heavy atom. The first kappa shape index (κ1) is 21.6. The normalized spacial score (nSPS) is 11.5. The highest BCUT2D eigenvalue weighted by molar-refractivity contribution is 7.92. The van der Waals surface area contributed by atoms with Crippen LogP contribution in [0.1, 0.15) is 17.5 Å². The Labute approximate surface area is 185 Å². The van der Waals surface area contributed by atoms with Crippen LogP contribution in [0.5, 0.6) is 0 Å². The molecule has 0 saturated carbocycles. The molecular formula is C24H21FN2O4S. The smallest absolute Gasteiger partial charge is 0.305 e. The first-order valence-corrected chi connectivity index (χ1v) is 11.5. The average molecular weight is 453 g/mol. The number of nitrogens with zero attached hydrogens (tertiary/aromatic N) is 1. The number of carbonyl (C=O) groups is 1. The molecule has 6 nitrogen and oxygen atoms in total. The minimum Gasteiger partial charge on any atom is -0.481 e. The predicted molar refractivity (Wildman–Crippen MR) is 121 cm³/mol. The zero-order valence-corrected chi connectivity index (χ0v) is 17.8. The molecule has 0 aliphatic rings. The Balaban J connectivity index is 1.72. The van der Waals surface area contributed by atoms with Gasteiger partial charge in [-0.25, -0.2) is 12.8 Å². The molecule has 0 aliphatic heterocycles. The van der Waals surface area contributed by atoms with Crippen LogP contribution in [0.4, 0.5) is 10.1 Å². The summed E-state index contributed by atoms with van der Waals surface area (Å²) in [4.78, 5) is 11.2. The van der Waals surface area contributed by atoms with E-state index in [1.807, 2.05) is 10.8 Å². The monoisotopic (exact) mass is 452 g/mol. The molecule has 4 rings (SSSR count). The SMILES string of the molecule is O=C(O)CCn1cc(Cc2ccc(F)cc2)c2cc(NS(=O)(=O)c3ccccc3)ccc21. The lowest BCUT2D eigenvalue weighted by molar-refractivity contribution is -0.137. The summed E-state index contributed by atoms with van der Waals surface area (Å²) in [6.07, 6.45) is 2.32. The van der Waals surface area contributed by atoms with E-state index in [1.54, 1.807) is 48.5 Å². The van der Waals surface area contributed by atoms with Gasteiger partial charge in [-0.3, -0.25) is 9.52 Å². The third-order valence-electron chi connectivity index (χ3n) is 5.14. The zero-order chi connectivity index (χ0) is 22.7. The fourth-order valence-electron chi connectivity index (χ4n) is 3.61. The Morgan fingerprint density at radius 1 is 1.00 bits per heavy atom. The fourth-order valence-corrected chi connectivity index (χ4v) is 4.68. The summed E-state index contributed by atoms with van der Waals surface area (Å²) in [7, 11) is -3.75. The zero-order valence-electron chi connectivity index (χ0n) is 17.0. The molecule has 0 radical (unpaired) electrons. The van der Waals surface area contributed by atoms with Gasteiger partial charge in [-0.05, 0) is 60.0 Å². The molecule has 1 heterocycles. The highest BCUT2D eigenvalue weighted by Crippen LogP contribution is 2.28. The first-order valence-electron chi connectivity index (χ1n) is 9.98. The largest absolute Gasteiger partial charge is 0.481 e. The van der Waals surface area contributed by atoms with Gasteiger partial charge in [-0.1, -0.05) is 30.3 Å². The number of benzene rings is 3. The van der Waals surface area contributed by atoms with Crippen LogP contribution in [-0.4, -0.2) is 24.1 Å². The number of nitrogens with one attached hydrogen (secondary N) is 1. The van der Waals surface area contributed by atoms with Gasteiger partial charge in [0.05, 0.1) is 11.3 Å². The Hall–Kier alpha value is -3.65. The minimum atomic E-state index is -3.75. The number of carboxylic acids is 1. The Bertz CT molecular complexity index is 1360. The molecule has 0 spiro atoms. The van der Waals surface area contributed by atoms with E-state index in [4.69, 9.17) is 5.11 Å². The molecule has 0 unspecified atom stereocenters. The third-order valence-corrected chi connectivity index (χ3v) is 6.54. The summed E-state index contributed by atoms with van der Waals surface area (Å²) >= 11 is 0.